The topological polar surface area (TPSA) is 502 Å². The molecule has 0 fully saturated rings. The molecule has 29 heteroatoms. The molecule has 0 saturated heterocycles. The molecule has 3 rings (SSSR count). The number of nitrogens with zero attached hydrogens (tertiary/aromatic N) is 1. The quantitative estimate of drug-likeness (QED) is 0.0158. The molecule has 440 valence electrons. The van der Waals surface area contributed by atoms with Crippen LogP contribution in [0, 0.1) is 5.92 Å². The Kier molecular flexibility index (Phi) is 26.3. The van der Waals surface area contributed by atoms with Gasteiger partial charge in [0.25, 0.3) is 0 Å². The van der Waals surface area contributed by atoms with Gasteiger partial charge < -0.3 is 91.0 Å². The van der Waals surface area contributed by atoms with Gasteiger partial charge in [0, 0.05) is 25.8 Å². The Labute approximate surface area is 464 Å². The molecule has 0 heterocycles. The number of nitrogens with two attached hydrogens (primary N) is 4. The summed E-state index contributed by atoms with van der Waals surface area (Å²) in [5.41, 5.74) is 22.8. The Hall–Kier alpha value is -9.54. The minimum Gasteiger partial charge on any atom is -0.508 e. The first-order valence-corrected chi connectivity index (χ1v) is 25.4. The highest BCUT2D eigenvalue weighted by molar-refractivity contribution is 5.98. The van der Waals surface area contributed by atoms with Crippen molar-refractivity contribution in [2.24, 2.45) is 33.8 Å². The number of carboxylic acid groups (broad SMARTS) is 2. The van der Waals surface area contributed by atoms with Crippen LogP contribution in [0.5, 0.6) is 17.2 Å². The Bertz CT molecular complexity index is 2720. The number of carboxylic acids is 2. The normalized spacial score (nSPS) is 13.8. The zero-order valence-corrected chi connectivity index (χ0v) is 44.7. The summed E-state index contributed by atoms with van der Waals surface area (Å²) in [5, 5.41) is 68.5. The number of phenols is 3. The van der Waals surface area contributed by atoms with Gasteiger partial charge in [0.05, 0.1) is 25.4 Å². The number of carbonyl (C=O) groups is 11. The molecule has 0 spiro atoms. The van der Waals surface area contributed by atoms with Crippen LogP contribution in [0.4, 0.5) is 0 Å². The summed E-state index contributed by atoms with van der Waals surface area (Å²) in [6, 6.07) is 4.33. The van der Waals surface area contributed by atoms with Crippen LogP contribution < -0.4 is 65.5 Å². The molecule has 0 aliphatic heterocycles. The van der Waals surface area contributed by atoms with Gasteiger partial charge in [-0.25, -0.2) is 4.79 Å². The maximum atomic E-state index is 14.3. The fraction of sp³-hybridized carbons (Fsp3) is 0.423. The average Bonchev–Trinajstić information content (AvgIpc) is 3.41. The van der Waals surface area contributed by atoms with Gasteiger partial charge in [0.15, 0.2) is 5.96 Å². The lowest BCUT2D eigenvalue weighted by molar-refractivity contribution is -0.142. The van der Waals surface area contributed by atoms with E-state index in [0.717, 1.165) is 0 Å². The molecule has 29 nitrogen and oxygen atoms in total. The largest absolute Gasteiger partial charge is 0.508 e. The van der Waals surface area contributed by atoms with Gasteiger partial charge in [-0.15, -0.1) is 0 Å². The minimum absolute atomic E-state index is 0.0338. The summed E-state index contributed by atoms with van der Waals surface area (Å²) in [4.78, 5) is 148. The van der Waals surface area contributed by atoms with E-state index in [-0.39, 0.29) is 74.2 Å². The Morgan fingerprint density at radius 1 is 0.494 bits per heavy atom. The third-order valence-corrected chi connectivity index (χ3v) is 11.9. The standard InChI is InChI=1S/C52H71N13O16/c1-26(2)19-36(62-45(74)34(53)23-41(54)69)47(76)63-37(20-28-6-12-31(66)13-7-28)46(75)59-27(3)44(73)58-25-42(70)60-40(24-43(71)72)50(79)65-39(22-30-10-16-33(68)17-11-30)49(78)64-38(21-29-8-14-32(67)15-9-29)48(77)61-35(51(80)81)5-4-18-57-52(55)56/h6-17,26-27,34-40,66-68H,4-5,18-25,53H2,1-3H3,(H2,54,69)(H,58,73)(H,59,75)(H,60,70)(H,61,77)(H,62,74)(H,63,76)(H,64,78)(H,65,79)(H,71,72)(H,80,81)(H4,55,56,57)/t27-,34-,35-,36-,37-,38-,39-,40-/m0/s1. The van der Waals surface area contributed by atoms with E-state index in [4.69, 9.17) is 22.9 Å². The number of nitrogens with one attached hydrogen (secondary N) is 8. The third kappa shape index (κ3) is 24.3. The zero-order valence-electron chi connectivity index (χ0n) is 44.7. The Morgan fingerprint density at radius 3 is 1.28 bits per heavy atom. The number of aliphatic imine (C=N–C) groups is 1. The number of rotatable bonds is 33. The van der Waals surface area contributed by atoms with Crippen LogP contribution in [0.2, 0.25) is 0 Å². The van der Waals surface area contributed by atoms with E-state index in [1.807, 2.05) is 0 Å². The fourth-order valence-corrected chi connectivity index (χ4v) is 7.70. The van der Waals surface area contributed by atoms with E-state index in [1.54, 1.807) is 13.8 Å². The van der Waals surface area contributed by atoms with Crippen molar-refractivity contribution in [1.82, 2.24) is 42.5 Å². The summed E-state index contributed by atoms with van der Waals surface area (Å²) in [7, 11) is 0. The van der Waals surface area contributed by atoms with Crippen LogP contribution in [-0.2, 0) is 72.0 Å². The number of carbonyl (C=O) groups excluding carboxylic acids is 9. The highest BCUT2D eigenvalue weighted by atomic mass is 16.4. The maximum Gasteiger partial charge on any atom is 0.326 e. The van der Waals surface area contributed by atoms with Crippen molar-refractivity contribution >= 4 is 71.1 Å². The van der Waals surface area contributed by atoms with Crippen molar-refractivity contribution in [2.45, 2.75) is 120 Å². The molecule has 0 bridgehead atoms. The summed E-state index contributed by atoms with van der Waals surface area (Å²) in [6.07, 6.45) is -2.36. The summed E-state index contributed by atoms with van der Waals surface area (Å²) in [6.45, 7) is 3.87. The lowest BCUT2D eigenvalue weighted by atomic mass is 10.0. The number of amides is 9. The molecule has 3 aromatic rings. The van der Waals surface area contributed by atoms with Gasteiger partial charge in [-0.3, -0.25) is 52.9 Å². The van der Waals surface area contributed by atoms with E-state index >= 15 is 0 Å². The van der Waals surface area contributed by atoms with Crippen LogP contribution in [0.1, 0.15) is 69.6 Å². The van der Waals surface area contributed by atoms with E-state index in [2.05, 4.69) is 47.5 Å². The summed E-state index contributed by atoms with van der Waals surface area (Å²) >= 11 is 0. The first-order valence-electron chi connectivity index (χ1n) is 25.4. The van der Waals surface area contributed by atoms with Gasteiger partial charge in [0.2, 0.25) is 53.2 Å². The predicted molar refractivity (Wildman–Crippen MR) is 289 cm³/mol. The highest BCUT2D eigenvalue weighted by Gasteiger charge is 2.34. The van der Waals surface area contributed by atoms with Crippen molar-refractivity contribution in [3.05, 3.63) is 89.5 Å². The van der Waals surface area contributed by atoms with Gasteiger partial charge in [0.1, 0.15) is 59.5 Å². The summed E-state index contributed by atoms with van der Waals surface area (Å²) < 4.78 is 0. The summed E-state index contributed by atoms with van der Waals surface area (Å²) in [5.74, 6) is -12.6. The molecule has 0 saturated carbocycles. The van der Waals surface area contributed by atoms with E-state index in [0.29, 0.717) is 16.7 Å². The third-order valence-electron chi connectivity index (χ3n) is 11.9. The molecular formula is C52H71N13O16. The van der Waals surface area contributed by atoms with Gasteiger partial charge >= 0.3 is 11.9 Å². The van der Waals surface area contributed by atoms with E-state index in [9.17, 15) is 78.3 Å². The Morgan fingerprint density at radius 2 is 0.889 bits per heavy atom. The van der Waals surface area contributed by atoms with Crippen LogP contribution in [0.3, 0.4) is 0 Å². The smallest absolute Gasteiger partial charge is 0.326 e. The number of phenolic OH excluding ortho intramolecular Hbond substituents is 3. The number of aromatic hydroxyl groups is 3. The van der Waals surface area contributed by atoms with Crippen LogP contribution in [-0.4, -0.2) is 158 Å². The number of hydrogen-bond acceptors (Lipinski definition) is 16. The van der Waals surface area contributed by atoms with Gasteiger partial charge in [-0.05, 0) is 85.2 Å². The molecular weight excluding hydrogens is 1060 g/mol. The average molecular weight is 1130 g/mol. The number of guanidine groups is 1. The second-order valence-electron chi connectivity index (χ2n) is 19.3. The van der Waals surface area contributed by atoms with E-state index in [1.165, 1.54) is 79.7 Å². The number of hydrogen-bond donors (Lipinski definition) is 17. The molecule has 3 aromatic carbocycles. The number of aliphatic carboxylic acids is 2. The number of primary amides is 1. The first kappa shape index (κ1) is 65.7. The SMILES string of the molecule is CC(C)C[C@H](NC(=O)[C@@H](N)CC(N)=O)C(=O)N[C@@H](Cc1ccc(O)cc1)C(=O)N[C@@H](C)C(=O)NCC(=O)N[C@@H](CC(=O)O)C(=O)N[C@@H](Cc1ccc(O)cc1)C(=O)N[C@@H](Cc1ccc(O)cc1)C(=O)N[C@@H](CCCN=C(N)N)C(=O)O. The molecule has 0 aliphatic carbocycles. The second-order valence-corrected chi connectivity index (χ2v) is 19.3. The van der Waals surface area contributed by atoms with Crippen LogP contribution in [0.15, 0.2) is 77.8 Å². The maximum absolute atomic E-state index is 14.3. The monoisotopic (exact) mass is 1130 g/mol. The van der Waals surface area contributed by atoms with Crippen molar-refractivity contribution in [2.75, 3.05) is 13.1 Å². The van der Waals surface area contributed by atoms with Gasteiger partial charge in [-0.2, -0.15) is 0 Å². The number of benzene rings is 3. The molecule has 0 aliphatic rings. The molecule has 0 aromatic heterocycles. The molecule has 0 unspecified atom stereocenters. The fourth-order valence-electron chi connectivity index (χ4n) is 7.70. The van der Waals surface area contributed by atoms with Crippen molar-refractivity contribution in [3.63, 3.8) is 0 Å². The zero-order chi connectivity index (χ0) is 60.5. The van der Waals surface area contributed by atoms with Gasteiger partial charge in [-0.1, -0.05) is 50.2 Å². The molecule has 9 amide bonds. The van der Waals surface area contributed by atoms with Crippen LogP contribution in [0.25, 0.3) is 0 Å². The van der Waals surface area contributed by atoms with Crippen LogP contribution >= 0.6 is 0 Å². The van der Waals surface area contributed by atoms with Crippen molar-refractivity contribution in [1.29, 1.82) is 0 Å². The lowest BCUT2D eigenvalue weighted by Crippen LogP contribution is -2.59. The second kappa shape index (κ2) is 32.4. The van der Waals surface area contributed by atoms with E-state index < -0.39 is 133 Å². The van der Waals surface area contributed by atoms with Crippen molar-refractivity contribution in [3.8, 4) is 17.2 Å². The Balaban J connectivity index is 1.82. The predicted octanol–water partition coefficient (Wildman–Crippen LogP) is -3.78. The molecule has 0 radical (unpaired) electrons. The molecule has 8 atom stereocenters. The minimum atomic E-state index is -1.92. The first-order chi connectivity index (χ1) is 38.1. The molecule has 81 heavy (non-hydrogen) atoms. The highest BCUT2D eigenvalue weighted by Crippen LogP contribution is 2.16. The lowest BCUT2D eigenvalue weighted by Gasteiger charge is -2.26. The molecule has 21 N–H and O–H groups in total. The van der Waals surface area contributed by atoms with Crippen molar-refractivity contribution < 1.29 is 78.3 Å².